The Morgan fingerprint density at radius 3 is 2.81 bits per heavy atom. The largest absolute Gasteiger partial charge is 0.325 e. The molecular weight excluding hydrogens is 264 g/mol. The van der Waals surface area contributed by atoms with Crippen LogP contribution in [0.1, 0.15) is 11.3 Å². The summed E-state index contributed by atoms with van der Waals surface area (Å²) in [5.41, 5.74) is 8.59. The maximum Gasteiger partial charge on any atom is 0.272 e. The van der Waals surface area contributed by atoms with Gasteiger partial charge in [0.25, 0.3) is 5.56 Å². The standard InChI is InChI=1S/C16H12N4O/c1-2-10-5-12(9-18-8-10)11-3-4-13-14(6-11)15(7-17)19-20-16(13)21/h1,3-6,8-9H,7,17H2,(H,20,21). The van der Waals surface area contributed by atoms with Crippen LogP contribution in [0.3, 0.4) is 0 Å². The second-order valence-corrected chi connectivity index (χ2v) is 4.57. The Balaban J connectivity index is 2.25. The first kappa shape index (κ1) is 13.0. The molecule has 0 unspecified atom stereocenters. The molecule has 5 heteroatoms. The van der Waals surface area contributed by atoms with Crippen molar-refractivity contribution in [3.8, 4) is 23.5 Å². The van der Waals surface area contributed by atoms with Gasteiger partial charge >= 0.3 is 0 Å². The number of hydrogen-bond acceptors (Lipinski definition) is 4. The maximum absolute atomic E-state index is 11.8. The summed E-state index contributed by atoms with van der Waals surface area (Å²) in [7, 11) is 0. The minimum Gasteiger partial charge on any atom is -0.325 e. The Labute approximate surface area is 120 Å². The second kappa shape index (κ2) is 5.19. The Bertz CT molecular complexity index is 921. The Morgan fingerprint density at radius 2 is 2.05 bits per heavy atom. The lowest BCUT2D eigenvalue weighted by Gasteiger charge is -2.06. The first-order valence-corrected chi connectivity index (χ1v) is 6.36. The monoisotopic (exact) mass is 276 g/mol. The summed E-state index contributed by atoms with van der Waals surface area (Å²) in [5.74, 6) is 2.56. The number of terminal acetylenes is 1. The van der Waals surface area contributed by atoms with E-state index >= 15 is 0 Å². The van der Waals surface area contributed by atoms with Crippen molar-refractivity contribution >= 4 is 10.8 Å². The van der Waals surface area contributed by atoms with Gasteiger partial charge in [0.1, 0.15) is 0 Å². The van der Waals surface area contributed by atoms with Crippen molar-refractivity contribution in [3.05, 3.63) is 58.3 Å². The number of aromatic amines is 1. The predicted octanol–water partition coefficient (Wildman–Crippen LogP) is 1.43. The summed E-state index contributed by atoms with van der Waals surface area (Å²) in [4.78, 5) is 15.9. The molecule has 0 bridgehead atoms. The molecule has 5 nitrogen and oxygen atoms in total. The molecule has 3 N–H and O–H groups in total. The molecule has 0 aliphatic heterocycles. The molecule has 21 heavy (non-hydrogen) atoms. The number of benzene rings is 1. The van der Waals surface area contributed by atoms with Crippen molar-refractivity contribution in [2.45, 2.75) is 6.54 Å². The normalized spacial score (nSPS) is 10.5. The number of rotatable bonds is 2. The maximum atomic E-state index is 11.8. The molecule has 0 saturated carbocycles. The summed E-state index contributed by atoms with van der Waals surface area (Å²) in [6.07, 6.45) is 8.74. The zero-order valence-electron chi connectivity index (χ0n) is 11.1. The summed E-state index contributed by atoms with van der Waals surface area (Å²) < 4.78 is 0. The van der Waals surface area contributed by atoms with Gasteiger partial charge in [0.2, 0.25) is 0 Å². The molecule has 0 radical (unpaired) electrons. The fourth-order valence-corrected chi connectivity index (χ4v) is 2.23. The Hall–Kier alpha value is -2.97. The van der Waals surface area contributed by atoms with Crippen LogP contribution in [0.15, 0.2) is 41.5 Å². The van der Waals surface area contributed by atoms with E-state index in [1.54, 1.807) is 18.5 Å². The fraction of sp³-hybridized carbons (Fsp3) is 0.0625. The van der Waals surface area contributed by atoms with Gasteiger partial charge in [0, 0.05) is 35.5 Å². The zero-order valence-corrected chi connectivity index (χ0v) is 11.1. The lowest BCUT2D eigenvalue weighted by atomic mass is 10.0. The molecule has 0 aliphatic carbocycles. The van der Waals surface area contributed by atoms with Crippen LogP contribution in [0, 0.1) is 12.3 Å². The third-order valence-corrected chi connectivity index (χ3v) is 3.30. The zero-order chi connectivity index (χ0) is 14.8. The molecular formula is C16H12N4O. The van der Waals surface area contributed by atoms with Gasteiger partial charge in [-0.05, 0) is 23.8 Å². The first-order valence-electron chi connectivity index (χ1n) is 6.36. The highest BCUT2D eigenvalue weighted by atomic mass is 16.1. The number of nitrogens with two attached hydrogens (primary N) is 1. The number of aromatic nitrogens is 3. The average Bonchev–Trinajstić information content (AvgIpc) is 2.55. The summed E-state index contributed by atoms with van der Waals surface area (Å²) in [6.45, 7) is 0.249. The number of hydrogen-bond donors (Lipinski definition) is 2. The van der Waals surface area contributed by atoms with Gasteiger partial charge in [-0.2, -0.15) is 5.10 Å². The number of pyridine rings is 1. The second-order valence-electron chi connectivity index (χ2n) is 4.57. The molecule has 2 heterocycles. The molecule has 0 spiro atoms. The van der Waals surface area contributed by atoms with E-state index in [-0.39, 0.29) is 12.1 Å². The summed E-state index contributed by atoms with van der Waals surface area (Å²) in [5, 5.41) is 7.74. The minimum atomic E-state index is -0.232. The lowest BCUT2D eigenvalue weighted by molar-refractivity contribution is 0.900. The van der Waals surface area contributed by atoms with Gasteiger partial charge in [-0.1, -0.05) is 12.0 Å². The van der Waals surface area contributed by atoms with E-state index in [0.29, 0.717) is 16.6 Å². The minimum absolute atomic E-state index is 0.232. The fourth-order valence-electron chi connectivity index (χ4n) is 2.23. The number of fused-ring (bicyclic) bond motifs is 1. The number of nitrogens with zero attached hydrogens (tertiary/aromatic N) is 2. The third kappa shape index (κ3) is 2.29. The molecule has 2 aromatic heterocycles. The summed E-state index contributed by atoms with van der Waals surface area (Å²) >= 11 is 0. The van der Waals surface area contributed by atoms with E-state index in [4.69, 9.17) is 12.2 Å². The molecule has 102 valence electrons. The van der Waals surface area contributed by atoms with Crippen molar-refractivity contribution < 1.29 is 0 Å². The highest BCUT2D eigenvalue weighted by molar-refractivity contribution is 5.88. The highest BCUT2D eigenvalue weighted by Gasteiger charge is 2.08. The van der Waals surface area contributed by atoms with Gasteiger partial charge in [0.05, 0.1) is 11.1 Å². The van der Waals surface area contributed by atoms with E-state index < -0.39 is 0 Å². The van der Waals surface area contributed by atoms with Gasteiger partial charge in [-0.3, -0.25) is 9.78 Å². The predicted molar refractivity (Wildman–Crippen MR) is 81.4 cm³/mol. The van der Waals surface area contributed by atoms with Crippen LogP contribution < -0.4 is 11.3 Å². The number of H-pyrrole nitrogens is 1. The molecule has 0 amide bonds. The van der Waals surface area contributed by atoms with Gasteiger partial charge in [0.15, 0.2) is 0 Å². The van der Waals surface area contributed by atoms with Crippen molar-refractivity contribution in [1.29, 1.82) is 0 Å². The SMILES string of the molecule is C#Cc1cncc(-c2ccc3c(=O)[nH]nc(CN)c3c2)c1. The molecule has 1 aromatic carbocycles. The van der Waals surface area contributed by atoms with Gasteiger partial charge in [-0.15, -0.1) is 6.42 Å². The smallest absolute Gasteiger partial charge is 0.272 e. The Kier molecular flexibility index (Phi) is 3.22. The molecule has 3 rings (SSSR count). The van der Waals surface area contributed by atoms with E-state index in [9.17, 15) is 4.79 Å². The van der Waals surface area contributed by atoms with Crippen LogP contribution >= 0.6 is 0 Å². The van der Waals surface area contributed by atoms with E-state index in [0.717, 1.165) is 16.5 Å². The topological polar surface area (TPSA) is 84.7 Å². The average molecular weight is 276 g/mol. The van der Waals surface area contributed by atoms with Crippen molar-refractivity contribution in [2.75, 3.05) is 0 Å². The van der Waals surface area contributed by atoms with Crippen LogP contribution in [-0.2, 0) is 6.54 Å². The highest BCUT2D eigenvalue weighted by Crippen LogP contribution is 2.24. The number of nitrogens with one attached hydrogen (secondary N) is 1. The van der Waals surface area contributed by atoms with Crippen molar-refractivity contribution in [2.24, 2.45) is 5.73 Å². The molecule has 0 saturated heterocycles. The first-order chi connectivity index (χ1) is 10.2. The Morgan fingerprint density at radius 1 is 1.19 bits per heavy atom. The molecule has 0 atom stereocenters. The van der Waals surface area contributed by atoms with Crippen LogP contribution in [-0.4, -0.2) is 15.2 Å². The quantitative estimate of drug-likeness (QED) is 0.693. The summed E-state index contributed by atoms with van der Waals surface area (Å²) in [6, 6.07) is 7.37. The van der Waals surface area contributed by atoms with Crippen LogP contribution in [0.2, 0.25) is 0 Å². The van der Waals surface area contributed by atoms with Crippen LogP contribution in [0.4, 0.5) is 0 Å². The van der Waals surface area contributed by atoms with Gasteiger partial charge in [-0.25, -0.2) is 5.10 Å². The molecule has 0 fully saturated rings. The van der Waals surface area contributed by atoms with Crippen LogP contribution in [0.5, 0.6) is 0 Å². The van der Waals surface area contributed by atoms with Crippen molar-refractivity contribution in [1.82, 2.24) is 15.2 Å². The molecule has 3 aromatic rings. The third-order valence-electron chi connectivity index (χ3n) is 3.30. The van der Waals surface area contributed by atoms with E-state index in [1.807, 2.05) is 18.2 Å². The van der Waals surface area contributed by atoms with Crippen LogP contribution in [0.25, 0.3) is 21.9 Å². The lowest BCUT2D eigenvalue weighted by Crippen LogP contribution is -2.13. The van der Waals surface area contributed by atoms with E-state index in [1.165, 1.54) is 0 Å². The van der Waals surface area contributed by atoms with Crippen molar-refractivity contribution in [3.63, 3.8) is 0 Å². The van der Waals surface area contributed by atoms with Gasteiger partial charge < -0.3 is 5.73 Å². The molecule has 0 aliphatic rings. The van der Waals surface area contributed by atoms with E-state index in [2.05, 4.69) is 21.1 Å².